The van der Waals surface area contributed by atoms with Gasteiger partial charge in [-0.1, -0.05) is 29.8 Å². The number of hydrogen-bond donors (Lipinski definition) is 1. The molecule has 2 rings (SSSR count). The van der Waals surface area contributed by atoms with Gasteiger partial charge in [-0.25, -0.2) is 9.07 Å². The highest BCUT2D eigenvalue weighted by atomic mass is 19.1. The van der Waals surface area contributed by atoms with Gasteiger partial charge in [-0.3, -0.25) is 0 Å². The summed E-state index contributed by atoms with van der Waals surface area (Å²) in [6.07, 6.45) is 2.65. The summed E-state index contributed by atoms with van der Waals surface area (Å²) in [5, 5.41) is 11.1. The summed E-state index contributed by atoms with van der Waals surface area (Å²) < 4.78 is 15.8. The Hall–Kier alpha value is -1.75. The maximum Gasteiger partial charge on any atom is 0.128 e. The molecule has 1 aromatic heterocycles. The van der Waals surface area contributed by atoms with Crippen molar-refractivity contribution in [2.24, 2.45) is 0 Å². The highest BCUT2D eigenvalue weighted by Gasteiger charge is 2.20. The molecule has 5 heteroatoms. The summed E-state index contributed by atoms with van der Waals surface area (Å²) in [6.45, 7) is 4.81. The third kappa shape index (κ3) is 2.81. The topological polar surface area (TPSA) is 42.7 Å². The van der Waals surface area contributed by atoms with E-state index in [0.717, 1.165) is 24.2 Å². The first kappa shape index (κ1) is 13.7. The zero-order valence-electron chi connectivity index (χ0n) is 11.5. The van der Waals surface area contributed by atoms with Crippen LogP contribution in [-0.2, 0) is 6.54 Å². The average Bonchev–Trinajstić information content (AvgIpc) is 2.83. The van der Waals surface area contributed by atoms with E-state index in [1.54, 1.807) is 12.3 Å². The second kappa shape index (κ2) is 5.93. The van der Waals surface area contributed by atoms with Crippen molar-refractivity contribution in [1.82, 2.24) is 20.3 Å². The maximum atomic E-state index is 14.0. The van der Waals surface area contributed by atoms with Gasteiger partial charge in [0.05, 0.1) is 17.9 Å². The molecule has 0 saturated heterocycles. The van der Waals surface area contributed by atoms with Crippen LogP contribution in [0.3, 0.4) is 0 Å². The molecule has 1 N–H and O–H groups in total. The number of nitrogens with one attached hydrogen (secondary N) is 1. The standard InChI is InChI=1S/C14H19FN4/c1-4-7-19-13(9-17-18-19)14(16-3)11-8-10(2)5-6-12(11)15/h5-6,8-9,14,16H,4,7H2,1-3H3. The molecule has 0 saturated carbocycles. The van der Waals surface area contributed by atoms with Crippen LogP contribution < -0.4 is 5.32 Å². The number of rotatable bonds is 5. The van der Waals surface area contributed by atoms with Gasteiger partial charge in [0.1, 0.15) is 5.82 Å². The monoisotopic (exact) mass is 262 g/mol. The van der Waals surface area contributed by atoms with Crippen molar-refractivity contribution in [3.05, 3.63) is 47.0 Å². The summed E-state index contributed by atoms with van der Waals surface area (Å²) in [4.78, 5) is 0. The van der Waals surface area contributed by atoms with E-state index in [4.69, 9.17) is 0 Å². The van der Waals surface area contributed by atoms with Gasteiger partial charge in [0.25, 0.3) is 0 Å². The lowest BCUT2D eigenvalue weighted by Crippen LogP contribution is -2.22. The van der Waals surface area contributed by atoms with Gasteiger partial charge in [-0.05, 0) is 26.5 Å². The fraction of sp³-hybridized carbons (Fsp3) is 0.429. The zero-order chi connectivity index (χ0) is 13.8. The lowest BCUT2D eigenvalue weighted by molar-refractivity contribution is 0.508. The van der Waals surface area contributed by atoms with Gasteiger partial charge in [-0.2, -0.15) is 0 Å². The van der Waals surface area contributed by atoms with Crippen molar-refractivity contribution in [1.29, 1.82) is 0 Å². The lowest BCUT2D eigenvalue weighted by Gasteiger charge is -2.18. The second-order valence-electron chi connectivity index (χ2n) is 4.63. The normalized spacial score (nSPS) is 12.6. The second-order valence-corrected chi connectivity index (χ2v) is 4.63. The van der Waals surface area contributed by atoms with E-state index >= 15 is 0 Å². The molecule has 1 aromatic carbocycles. The maximum absolute atomic E-state index is 14.0. The molecule has 19 heavy (non-hydrogen) atoms. The number of hydrogen-bond acceptors (Lipinski definition) is 3. The predicted molar refractivity (Wildman–Crippen MR) is 72.4 cm³/mol. The minimum atomic E-state index is -0.235. The highest BCUT2D eigenvalue weighted by molar-refractivity contribution is 5.31. The fourth-order valence-electron chi connectivity index (χ4n) is 2.22. The molecule has 0 aliphatic heterocycles. The third-order valence-electron chi connectivity index (χ3n) is 3.13. The Bertz CT molecular complexity index is 550. The Morgan fingerprint density at radius 2 is 2.21 bits per heavy atom. The van der Waals surface area contributed by atoms with Crippen LogP contribution in [0.15, 0.2) is 24.4 Å². The van der Waals surface area contributed by atoms with Gasteiger partial charge >= 0.3 is 0 Å². The van der Waals surface area contributed by atoms with E-state index in [-0.39, 0.29) is 11.9 Å². The third-order valence-corrected chi connectivity index (χ3v) is 3.13. The van der Waals surface area contributed by atoms with Crippen LogP contribution in [0.25, 0.3) is 0 Å². The van der Waals surface area contributed by atoms with Crippen LogP contribution >= 0.6 is 0 Å². The molecule has 1 unspecified atom stereocenters. The van der Waals surface area contributed by atoms with Gasteiger partial charge < -0.3 is 5.32 Å². The number of aryl methyl sites for hydroxylation is 2. The van der Waals surface area contributed by atoms with Crippen molar-refractivity contribution in [2.75, 3.05) is 7.05 Å². The van der Waals surface area contributed by atoms with E-state index in [9.17, 15) is 4.39 Å². The Morgan fingerprint density at radius 1 is 1.42 bits per heavy atom. The molecule has 0 aliphatic rings. The number of aromatic nitrogens is 3. The molecule has 102 valence electrons. The van der Waals surface area contributed by atoms with Crippen molar-refractivity contribution >= 4 is 0 Å². The van der Waals surface area contributed by atoms with E-state index < -0.39 is 0 Å². The summed E-state index contributed by atoms with van der Waals surface area (Å²) in [6, 6.07) is 4.90. The number of halogens is 1. The van der Waals surface area contributed by atoms with Crippen molar-refractivity contribution < 1.29 is 4.39 Å². The molecule has 0 radical (unpaired) electrons. The molecule has 0 fully saturated rings. The van der Waals surface area contributed by atoms with Crippen LogP contribution in [0, 0.1) is 12.7 Å². The van der Waals surface area contributed by atoms with E-state index in [1.165, 1.54) is 6.07 Å². The van der Waals surface area contributed by atoms with Gasteiger partial charge in [0.2, 0.25) is 0 Å². The molecular formula is C14H19FN4. The van der Waals surface area contributed by atoms with Crippen LogP contribution in [-0.4, -0.2) is 22.0 Å². The molecule has 0 bridgehead atoms. The number of benzene rings is 1. The van der Waals surface area contributed by atoms with Crippen molar-refractivity contribution in [2.45, 2.75) is 32.9 Å². The predicted octanol–water partition coefficient (Wildman–Crippen LogP) is 2.44. The van der Waals surface area contributed by atoms with Crippen molar-refractivity contribution in [3.63, 3.8) is 0 Å². The first-order valence-electron chi connectivity index (χ1n) is 6.49. The van der Waals surface area contributed by atoms with Crippen LogP contribution in [0.5, 0.6) is 0 Å². The smallest absolute Gasteiger partial charge is 0.128 e. The van der Waals surface area contributed by atoms with E-state index in [2.05, 4.69) is 22.6 Å². The average molecular weight is 262 g/mol. The molecule has 1 atom stereocenters. The molecular weight excluding hydrogens is 243 g/mol. The highest BCUT2D eigenvalue weighted by Crippen LogP contribution is 2.24. The summed E-state index contributed by atoms with van der Waals surface area (Å²) in [7, 11) is 1.82. The van der Waals surface area contributed by atoms with Gasteiger partial charge in [-0.15, -0.1) is 5.10 Å². The molecule has 0 aliphatic carbocycles. The fourth-order valence-corrected chi connectivity index (χ4v) is 2.22. The van der Waals surface area contributed by atoms with E-state index in [0.29, 0.717) is 5.56 Å². The first-order chi connectivity index (χ1) is 9.17. The minimum Gasteiger partial charge on any atom is -0.308 e. The Labute approximate surface area is 112 Å². The largest absolute Gasteiger partial charge is 0.308 e. The minimum absolute atomic E-state index is 0.214. The SMILES string of the molecule is CCCn1nncc1C(NC)c1cc(C)ccc1F. The molecule has 0 spiro atoms. The first-order valence-corrected chi connectivity index (χ1v) is 6.49. The Balaban J connectivity index is 2.44. The van der Waals surface area contributed by atoms with Crippen LogP contribution in [0.1, 0.15) is 36.2 Å². The quantitative estimate of drug-likeness (QED) is 0.900. The lowest BCUT2D eigenvalue weighted by atomic mass is 10.0. The molecule has 1 heterocycles. The number of nitrogens with zero attached hydrogens (tertiary/aromatic N) is 3. The summed E-state index contributed by atoms with van der Waals surface area (Å²) in [5.41, 5.74) is 2.54. The van der Waals surface area contributed by atoms with Gasteiger partial charge in [0, 0.05) is 12.1 Å². The summed E-state index contributed by atoms with van der Waals surface area (Å²) in [5.74, 6) is -0.214. The summed E-state index contributed by atoms with van der Waals surface area (Å²) >= 11 is 0. The Morgan fingerprint density at radius 3 is 2.89 bits per heavy atom. The van der Waals surface area contributed by atoms with Crippen LogP contribution in [0.2, 0.25) is 0 Å². The molecule has 0 amide bonds. The Kier molecular flexibility index (Phi) is 4.27. The molecule has 4 nitrogen and oxygen atoms in total. The zero-order valence-corrected chi connectivity index (χ0v) is 11.5. The molecule has 2 aromatic rings. The van der Waals surface area contributed by atoms with Gasteiger partial charge in [0.15, 0.2) is 0 Å². The van der Waals surface area contributed by atoms with E-state index in [1.807, 2.05) is 24.7 Å². The van der Waals surface area contributed by atoms with Crippen LogP contribution in [0.4, 0.5) is 4.39 Å². The van der Waals surface area contributed by atoms with Crippen molar-refractivity contribution in [3.8, 4) is 0 Å².